The molecule has 0 aliphatic carbocycles. The molecular formula is C18H19NO5S2. The summed E-state index contributed by atoms with van der Waals surface area (Å²) in [6.45, 7) is -0.433. The van der Waals surface area contributed by atoms with Crippen molar-refractivity contribution in [3.8, 4) is 0 Å². The average Bonchev–Trinajstić information content (AvgIpc) is 2.59. The molecule has 0 aromatic heterocycles. The fourth-order valence-electron chi connectivity index (χ4n) is 2.24. The first-order chi connectivity index (χ1) is 12.3. The Morgan fingerprint density at radius 3 is 2.54 bits per heavy atom. The Labute approximate surface area is 156 Å². The van der Waals surface area contributed by atoms with Gasteiger partial charge in [-0.15, -0.1) is 11.8 Å². The van der Waals surface area contributed by atoms with E-state index >= 15 is 0 Å². The Kier molecular flexibility index (Phi) is 6.82. The molecule has 2 aromatic rings. The maximum Gasteiger partial charge on any atom is 0.338 e. The third kappa shape index (κ3) is 6.20. The summed E-state index contributed by atoms with van der Waals surface area (Å²) < 4.78 is 27.7. The van der Waals surface area contributed by atoms with E-state index in [1.54, 1.807) is 24.3 Å². The summed E-state index contributed by atoms with van der Waals surface area (Å²) in [6.07, 6.45) is 3.02. The van der Waals surface area contributed by atoms with Crippen LogP contribution in [0.3, 0.4) is 0 Å². The Morgan fingerprint density at radius 1 is 1.12 bits per heavy atom. The van der Waals surface area contributed by atoms with Crippen LogP contribution in [0, 0.1) is 0 Å². The molecule has 0 fully saturated rings. The summed E-state index contributed by atoms with van der Waals surface area (Å²) in [6, 6.07) is 13.5. The molecule has 0 saturated heterocycles. The van der Waals surface area contributed by atoms with Crippen LogP contribution in [-0.4, -0.2) is 39.4 Å². The molecule has 0 aliphatic heterocycles. The average molecular weight is 393 g/mol. The minimum absolute atomic E-state index is 0.167. The molecule has 0 bridgehead atoms. The van der Waals surface area contributed by atoms with Crippen LogP contribution in [0.15, 0.2) is 53.4 Å². The lowest BCUT2D eigenvalue weighted by Gasteiger charge is -2.10. The van der Waals surface area contributed by atoms with E-state index < -0.39 is 28.3 Å². The van der Waals surface area contributed by atoms with Crippen LogP contribution in [0.4, 0.5) is 5.69 Å². The number of nitrogens with one attached hydrogen (secondary N) is 1. The van der Waals surface area contributed by atoms with Gasteiger partial charge < -0.3 is 10.1 Å². The highest BCUT2D eigenvalue weighted by molar-refractivity contribution is 7.98. The number of esters is 1. The van der Waals surface area contributed by atoms with Crippen molar-refractivity contribution in [3.63, 3.8) is 0 Å². The van der Waals surface area contributed by atoms with E-state index in [0.717, 1.165) is 11.2 Å². The van der Waals surface area contributed by atoms with Crippen LogP contribution in [0.2, 0.25) is 0 Å². The van der Waals surface area contributed by atoms with E-state index in [0.29, 0.717) is 11.3 Å². The van der Waals surface area contributed by atoms with E-state index in [1.165, 1.54) is 23.9 Å². The molecule has 26 heavy (non-hydrogen) atoms. The van der Waals surface area contributed by atoms with Gasteiger partial charge in [-0.2, -0.15) is 0 Å². The van der Waals surface area contributed by atoms with Gasteiger partial charge in [0, 0.05) is 11.2 Å². The minimum atomic E-state index is -3.20. The van der Waals surface area contributed by atoms with Gasteiger partial charge in [-0.25, -0.2) is 13.2 Å². The fourth-order valence-corrected chi connectivity index (χ4v) is 3.58. The number of anilines is 1. The Bertz CT molecular complexity index is 909. The molecule has 1 amide bonds. The summed E-state index contributed by atoms with van der Waals surface area (Å²) in [7, 11) is -3.20. The maximum absolute atomic E-state index is 12.1. The Morgan fingerprint density at radius 2 is 1.85 bits per heavy atom. The molecule has 0 heterocycles. The van der Waals surface area contributed by atoms with Crippen molar-refractivity contribution in [1.29, 1.82) is 0 Å². The second kappa shape index (κ2) is 8.86. The molecule has 2 rings (SSSR count). The zero-order valence-electron chi connectivity index (χ0n) is 14.4. The maximum atomic E-state index is 12.1. The monoisotopic (exact) mass is 393 g/mol. The Hall–Kier alpha value is -2.32. The van der Waals surface area contributed by atoms with Crippen LogP contribution in [-0.2, 0) is 25.1 Å². The summed E-state index contributed by atoms with van der Waals surface area (Å²) in [4.78, 5) is 25.0. The number of hydrogen-bond donors (Lipinski definition) is 1. The summed E-state index contributed by atoms with van der Waals surface area (Å²) in [5.74, 6) is -1.30. The molecule has 0 unspecified atom stereocenters. The number of ether oxygens (including phenoxy) is 1. The molecule has 0 atom stereocenters. The molecule has 1 N–H and O–H groups in total. The highest BCUT2D eigenvalue weighted by atomic mass is 32.2. The zero-order valence-corrected chi connectivity index (χ0v) is 16.0. The first kappa shape index (κ1) is 20.0. The molecule has 2 aromatic carbocycles. The summed E-state index contributed by atoms with van der Waals surface area (Å²) in [5.41, 5.74) is 1.33. The highest BCUT2D eigenvalue weighted by Crippen LogP contribution is 2.24. The number of para-hydroxylation sites is 1. The number of carbonyl (C=O) groups is 2. The lowest BCUT2D eigenvalue weighted by atomic mass is 10.1. The largest absolute Gasteiger partial charge is 0.452 e. The standard InChI is InChI=1S/C18H19NO5S2/c1-25-16-9-4-3-8-15(16)19-17(20)11-24-18(21)14-7-5-6-13(10-14)12-26(2,22)23/h3-10H,11-12H2,1-2H3,(H,19,20). The lowest BCUT2D eigenvalue weighted by Crippen LogP contribution is -2.21. The summed E-state index contributed by atoms with van der Waals surface area (Å²) in [5, 5.41) is 2.69. The molecule has 8 heteroatoms. The first-order valence-electron chi connectivity index (χ1n) is 7.65. The first-order valence-corrected chi connectivity index (χ1v) is 10.9. The van der Waals surface area contributed by atoms with Gasteiger partial charge in [0.25, 0.3) is 5.91 Å². The topological polar surface area (TPSA) is 89.5 Å². The second-order valence-corrected chi connectivity index (χ2v) is 8.58. The van der Waals surface area contributed by atoms with Gasteiger partial charge in [0.15, 0.2) is 16.4 Å². The highest BCUT2D eigenvalue weighted by Gasteiger charge is 2.13. The van der Waals surface area contributed by atoms with Gasteiger partial charge >= 0.3 is 5.97 Å². The van der Waals surface area contributed by atoms with Crippen molar-refractivity contribution in [2.45, 2.75) is 10.6 Å². The van der Waals surface area contributed by atoms with Crippen molar-refractivity contribution >= 4 is 39.2 Å². The number of sulfone groups is 1. The van der Waals surface area contributed by atoms with E-state index in [2.05, 4.69) is 5.32 Å². The van der Waals surface area contributed by atoms with Crippen LogP contribution in [0.25, 0.3) is 0 Å². The van der Waals surface area contributed by atoms with Crippen LogP contribution >= 0.6 is 11.8 Å². The predicted molar refractivity (Wildman–Crippen MR) is 102 cm³/mol. The number of benzene rings is 2. The molecular weight excluding hydrogens is 374 g/mol. The van der Waals surface area contributed by atoms with Gasteiger partial charge in [-0.3, -0.25) is 4.79 Å². The van der Waals surface area contributed by atoms with Crippen LogP contribution in [0.1, 0.15) is 15.9 Å². The van der Waals surface area contributed by atoms with Crippen molar-refractivity contribution in [2.75, 3.05) is 24.4 Å². The molecule has 0 saturated carbocycles. The van der Waals surface area contributed by atoms with Crippen molar-refractivity contribution < 1.29 is 22.7 Å². The van der Waals surface area contributed by atoms with E-state index in [1.807, 2.05) is 18.4 Å². The predicted octanol–water partition coefficient (Wildman–Crippen LogP) is 2.75. The third-order valence-electron chi connectivity index (χ3n) is 3.31. The molecule has 0 spiro atoms. The van der Waals surface area contributed by atoms with Gasteiger partial charge in [0.1, 0.15) is 0 Å². The smallest absolute Gasteiger partial charge is 0.338 e. The normalized spacial score (nSPS) is 11.0. The van der Waals surface area contributed by atoms with Crippen LogP contribution < -0.4 is 5.32 Å². The third-order valence-corrected chi connectivity index (χ3v) is 4.96. The summed E-state index contributed by atoms with van der Waals surface area (Å²) >= 11 is 1.49. The number of carbonyl (C=O) groups excluding carboxylic acids is 2. The van der Waals surface area contributed by atoms with Crippen molar-refractivity contribution in [2.24, 2.45) is 0 Å². The minimum Gasteiger partial charge on any atom is -0.452 e. The number of thioether (sulfide) groups is 1. The molecule has 138 valence electrons. The van der Waals surface area contributed by atoms with Gasteiger partial charge in [0.05, 0.1) is 17.0 Å². The second-order valence-electron chi connectivity index (χ2n) is 5.60. The Balaban J connectivity index is 1.96. The van der Waals surface area contributed by atoms with Gasteiger partial charge in [0.2, 0.25) is 0 Å². The van der Waals surface area contributed by atoms with Crippen molar-refractivity contribution in [3.05, 3.63) is 59.7 Å². The fraction of sp³-hybridized carbons (Fsp3) is 0.222. The van der Waals surface area contributed by atoms with E-state index in [-0.39, 0.29) is 11.3 Å². The van der Waals surface area contributed by atoms with Gasteiger partial charge in [-0.05, 0) is 36.1 Å². The number of rotatable bonds is 7. The van der Waals surface area contributed by atoms with Crippen LogP contribution in [0.5, 0.6) is 0 Å². The van der Waals surface area contributed by atoms with E-state index in [4.69, 9.17) is 4.74 Å². The molecule has 0 aliphatic rings. The lowest BCUT2D eigenvalue weighted by molar-refractivity contribution is -0.119. The van der Waals surface area contributed by atoms with Gasteiger partial charge in [-0.1, -0.05) is 24.3 Å². The quantitative estimate of drug-likeness (QED) is 0.575. The SMILES string of the molecule is CSc1ccccc1NC(=O)COC(=O)c1cccc(CS(C)(=O)=O)c1. The zero-order chi connectivity index (χ0) is 19.2. The molecule has 0 radical (unpaired) electrons. The van der Waals surface area contributed by atoms with E-state index in [9.17, 15) is 18.0 Å². The van der Waals surface area contributed by atoms with Crippen molar-refractivity contribution in [1.82, 2.24) is 0 Å². The molecule has 6 nitrogen and oxygen atoms in total. The number of hydrogen-bond acceptors (Lipinski definition) is 6. The number of amides is 1.